The normalized spacial score (nSPS) is 11.9. The molecule has 51 heavy (non-hydrogen) atoms. The van der Waals surface area contributed by atoms with Gasteiger partial charge in [0.1, 0.15) is 0 Å². The summed E-state index contributed by atoms with van der Waals surface area (Å²) in [6.07, 6.45) is 0. The molecule has 3 aromatic heterocycles. The number of para-hydroxylation sites is 4. The molecule has 8 aromatic carbocycles. The van der Waals surface area contributed by atoms with Crippen LogP contribution < -0.4 is 0 Å². The molecular formula is C48H31N3. The fourth-order valence-corrected chi connectivity index (χ4v) is 8.42. The third kappa shape index (κ3) is 4.06. The number of aromatic nitrogens is 3. The van der Waals surface area contributed by atoms with Crippen LogP contribution in [0.25, 0.3) is 93.6 Å². The van der Waals surface area contributed by atoms with Crippen LogP contribution in [-0.4, -0.2) is 13.7 Å². The number of rotatable bonds is 4. The zero-order valence-electron chi connectivity index (χ0n) is 27.7. The number of hydrogen-bond donors (Lipinski definition) is 0. The van der Waals surface area contributed by atoms with Crippen molar-refractivity contribution in [1.82, 2.24) is 13.7 Å². The van der Waals surface area contributed by atoms with Crippen LogP contribution in [-0.2, 0) is 0 Å². The van der Waals surface area contributed by atoms with Crippen molar-refractivity contribution >= 4 is 65.4 Å². The van der Waals surface area contributed by atoms with E-state index in [1.807, 2.05) is 0 Å². The summed E-state index contributed by atoms with van der Waals surface area (Å²) >= 11 is 0. The Bertz CT molecular complexity index is 3110. The Morgan fingerprint density at radius 3 is 1.24 bits per heavy atom. The van der Waals surface area contributed by atoms with Gasteiger partial charge in [-0.15, -0.1) is 0 Å². The highest BCUT2D eigenvalue weighted by Gasteiger charge is 2.22. The van der Waals surface area contributed by atoms with Gasteiger partial charge >= 0.3 is 0 Å². The van der Waals surface area contributed by atoms with Crippen LogP contribution in [0.1, 0.15) is 0 Å². The SMILES string of the molecule is c1ccc(-c2ccc(-n3c4ccccc4c4ccc(-n5c6ccccc6c6ccc7c8ccccc8n(-c8ccccc8)c7c65)cc43)cc2)cc1. The lowest BCUT2D eigenvalue weighted by atomic mass is 10.1. The highest BCUT2D eigenvalue weighted by atomic mass is 15.1. The highest BCUT2D eigenvalue weighted by Crippen LogP contribution is 2.42. The number of benzene rings is 8. The minimum absolute atomic E-state index is 1.14. The first-order valence-electron chi connectivity index (χ1n) is 17.5. The maximum atomic E-state index is 2.49. The smallest absolute Gasteiger partial charge is 0.0788 e. The van der Waals surface area contributed by atoms with E-state index in [1.165, 1.54) is 76.5 Å². The van der Waals surface area contributed by atoms with Crippen molar-refractivity contribution < 1.29 is 0 Å². The molecule has 0 radical (unpaired) electrons. The van der Waals surface area contributed by atoms with Gasteiger partial charge < -0.3 is 13.7 Å². The van der Waals surface area contributed by atoms with E-state index in [4.69, 9.17) is 0 Å². The zero-order chi connectivity index (χ0) is 33.5. The Morgan fingerprint density at radius 1 is 0.235 bits per heavy atom. The second-order valence-corrected chi connectivity index (χ2v) is 13.4. The van der Waals surface area contributed by atoms with Gasteiger partial charge in [-0.05, 0) is 65.7 Å². The van der Waals surface area contributed by atoms with Crippen molar-refractivity contribution in [3.8, 4) is 28.2 Å². The Hall–Kier alpha value is -6.84. The van der Waals surface area contributed by atoms with Crippen LogP contribution in [0.2, 0.25) is 0 Å². The molecule has 0 N–H and O–H groups in total. The van der Waals surface area contributed by atoms with Crippen molar-refractivity contribution in [2.75, 3.05) is 0 Å². The van der Waals surface area contributed by atoms with Crippen LogP contribution >= 0.6 is 0 Å². The Labute approximate surface area is 294 Å². The van der Waals surface area contributed by atoms with Gasteiger partial charge in [0.05, 0.1) is 33.1 Å². The summed E-state index contributed by atoms with van der Waals surface area (Å²) in [7, 11) is 0. The molecule has 3 nitrogen and oxygen atoms in total. The number of fused-ring (bicyclic) bond motifs is 10. The second-order valence-electron chi connectivity index (χ2n) is 13.4. The third-order valence-corrected chi connectivity index (χ3v) is 10.6. The summed E-state index contributed by atoms with van der Waals surface area (Å²) in [4.78, 5) is 0. The molecule has 0 aliphatic carbocycles. The summed E-state index contributed by atoms with van der Waals surface area (Å²) < 4.78 is 7.37. The van der Waals surface area contributed by atoms with Gasteiger partial charge in [0, 0.05) is 49.4 Å². The summed E-state index contributed by atoms with van der Waals surface area (Å²) in [5.74, 6) is 0. The summed E-state index contributed by atoms with van der Waals surface area (Å²) in [5, 5.41) is 7.49. The molecule has 0 saturated carbocycles. The van der Waals surface area contributed by atoms with Crippen LogP contribution in [0.3, 0.4) is 0 Å². The minimum Gasteiger partial charge on any atom is -0.309 e. The van der Waals surface area contributed by atoms with Gasteiger partial charge in [-0.25, -0.2) is 0 Å². The van der Waals surface area contributed by atoms with Gasteiger partial charge in [0.25, 0.3) is 0 Å². The molecule has 238 valence electrons. The van der Waals surface area contributed by atoms with Gasteiger partial charge in [-0.2, -0.15) is 0 Å². The first-order chi connectivity index (χ1) is 25.3. The largest absolute Gasteiger partial charge is 0.309 e. The molecule has 0 aliphatic rings. The molecule has 0 fully saturated rings. The van der Waals surface area contributed by atoms with Crippen molar-refractivity contribution in [2.24, 2.45) is 0 Å². The number of nitrogens with zero attached hydrogens (tertiary/aromatic N) is 3. The molecule has 0 spiro atoms. The molecule has 0 amide bonds. The predicted octanol–water partition coefficient (Wildman–Crippen LogP) is 12.6. The van der Waals surface area contributed by atoms with Crippen molar-refractivity contribution in [3.05, 3.63) is 188 Å². The molecular weight excluding hydrogens is 619 g/mol. The summed E-state index contributed by atoms with van der Waals surface area (Å²) in [6.45, 7) is 0. The molecule has 0 aliphatic heterocycles. The molecule has 0 bridgehead atoms. The van der Waals surface area contributed by atoms with Crippen LogP contribution in [0.4, 0.5) is 0 Å². The molecule has 0 atom stereocenters. The minimum atomic E-state index is 1.14. The van der Waals surface area contributed by atoms with Gasteiger partial charge in [-0.1, -0.05) is 133 Å². The Balaban J connectivity index is 1.24. The fourth-order valence-electron chi connectivity index (χ4n) is 8.42. The van der Waals surface area contributed by atoms with Gasteiger partial charge in [-0.3, -0.25) is 0 Å². The van der Waals surface area contributed by atoms with E-state index in [9.17, 15) is 0 Å². The van der Waals surface area contributed by atoms with Crippen molar-refractivity contribution in [1.29, 1.82) is 0 Å². The lowest BCUT2D eigenvalue weighted by Gasteiger charge is -2.14. The average molecular weight is 650 g/mol. The molecule has 0 saturated heterocycles. The van der Waals surface area contributed by atoms with Crippen LogP contribution in [0.15, 0.2) is 188 Å². The third-order valence-electron chi connectivity index (χ3n) is 10.6. The Kier molecular flexibility index (Phi) is 5.96. The lowest BCUT2D eigenvalue weighted by Crippen LogP contribution is -1.99. The van der Waals surface area contributed by atoms with Crippen molar-refractivity contribution in [2.45, 2.75) is 0 Å². The van der Waals surface area contributed by atoms with E-state index in [0.717, 1.165) is 17.1 Å². The van der Waals surface area contributed by atoms with E-state index in [2.05, 4.69) is 202 Å². The monoisotopic (exact) mass is 649 g/mol. The maximum absolute atomic E-state index is 2.49. The number of hydrogen-bond acceptors (Lipinski definition) is 0. The average Bonchev–Trinajstić information content (AvgIpc) is 3.84. The van der Waals surface area contributed by atoms with E-state index in [-0.39, 0.29) is 0 Å². The van der Waals surface area contributed by atoms with Crippen LogP contribution in [0, 0.1) is 0 Å². The quantitative estimate of drug-likeness (QED) is 0.180. The van der Waals surface area contributed by atoms with E-state index in [0.29, 0.717) is 0 Å². The molecule has 0 unspecified atom stereocenters. The zero-order valence-corrected chi connectivity index (χ0v) is 27.7. The van der Waals surface area contributed by atoms with E-state index in [1.54, 1.807) is 0 Å². The standard InChI is InChI=1S/C48H31N3/c1-3-13-32(14-4-1)33-23-25-35(26-24-33)49-43-20-10-7-17-37(43)40-28-27-36(31-46(40)49)51-45-22-12-9-19-39(45)42-30-29-41-38-18-8-11-21-44(38)50(47(41)48(42)51)34-15-5-2-6-16-34/h1-31H. The second kappa shape index (κ2) is 10.8. The summed E-state index contributed by atoms with van der Waals surface area (Å²) in [5.41, 5.74) is 13.1. The van der Waals surface area contributed by atoms with Crippen LogP contribution in [0.5, 0.6) is 0 Å². The molecule has 3 heterocycles. The first kappa shape index (κ1) is 28.0. The first-order valence-corrected chi connectivity index (χ1v) is 17.5. The van der Waals surface area contributed by atoms with Gasteiger partial charge in [0.15, 0.2) is 0 Å². The topological polar surface area (TPSA) is 14.8 Å². The maximum Gasteiger partial charge on any atom is 0.0788 e. The molecule has 3 heteroatoms. The predicted molar refractivity (Wildman–Crippen MR) is 215 cm³/mol. The Morgan fingerprint density at radius 2 is 0.627 bits per heavy atom. The summed E-state index contributed by atoms with van der Waals surface area (Å²) in [6, 6.07) is 68.4. The van der Waals surface area contributed by atoms with E-state index >= 15 is 0 Å². The fraction of sp³-hybridized carbons (Fsp3) is 0. The highest BCUT2D eigenvalue weighted by molar-refractivity contribution is 6.24. The van der Waals surface area contributed by atoms with Gasteiger partial charge in [0.2, 0.25) is 0 Å². The lowest BCUT2D eigenvalue weighted by molar-refractivity contribution is 1.14. The van der Waals surface area contributed by atoms with Crippen molar-refractivity contribution in [3.63, 3.8) is 0 Å². The van der Waals surface area contributed by atoms with E-state index < -0.39 is 0 Å². The molecule has 11 aromatic rings. The molecule has 11 rings (SSSR count).